The van der Waals surface area contributed by atoms with Crippen LogP contribution in [0.3, 0.4) is 0 Å². The van der Waals surface area contributed by atoms with Crippen molar-refractivity contribution >= 4 is 22.6 Å². The van der Waals surface area contributed by atoms with Crippen LogP contribution >= 0.6 is 0 Å². The molecule has 1 amide bonds. The number of carbonyl (C=O) groups is 1. The molecule has 0 saturated carbocycles. The highest BCUT2D eigenvalue weighted by atomic mass is 16.1. The number of imidazole rings is 1. The molecular weight excluding hydrogens is 240 g/mol. The number of aromatic nitrogens is 3. The van der Waals surface area contributed by atoms with E-state index in [9.17, 15) is 4.79 Å². The molecule has 2 aromatic heterocycles. The van der Waals surface area contributed by atoms with Crippen LogP contribution in [-0.2, 0) is 11.2 Å². The number of amides is 1. The van der Waals surface area contributed by atoms with Crippen LogP contribution in [-0.4, -0.2) is 20.9 Å². The fourth-order valence-electron chi connectivity index (χ4n) is 1.89. The molecule has 0 spiro atoms. The van der Waals surface area contributed by atoms with Gasteiger partial charge in [-0.1, -0.05) is 6.07 Å². The van der Waals surface area contributed by atoms with Gasteiger partial charge in [-0.15, -0.1) is 0 Å². The van der Waals surface area contributed by atoms with E-state index in [4.69, 9.17) is 0 Å². The molecule has 0 aliphatic rings. The third kappa shape index (κ3) is 2.60. The first kappa shape index (κ1) is 11.4. The zero-order valence-electron chi connectivity index (χ0n) is 10.1. The average Bonchev–Trinajstić information content (AvgIpc) is 2.87. The summed E-state index contributed by atoms with van der Waals surface area (Å²) < 4.78 is 0. The van der Waals surface area contributed by atoms with Gasteiger partial charge in [0.2, 0.25) is 5.91 Å². The van der Waals surface area contributed by atoms with E-state index in [1.54, 1.807) is 12.5 Å². The Morgan fingerprint density at radius 3 is 3.00 bits per heavy atom. The molecule has 2 N–H and O–H groups in total. The lowest BCUT2D eigenvalue weighted by atomic mass is 10.2. The van der Waals surface area contributed by atoms with Crippen LogP contribution in [0.25, 0.3) is 11.0 Å². The predicted molar refractivity (Wildman–Crippen MR) is 72.7 cm³/mol. The van der Waals surface area contributed by atoms with E-state index >= 15 is 0 Å². The van der Waals surface area contributed by atoms with Gasteiger partial charge in [0.15, 0.2) is 0 Å². The van der Waals surface area contributed by atoms with E-state index < -0.39 is 0 Å². The van der Waals surface area contributed by atoms with Crippen LogP contribution in [0, 0.1) is 0 Å². The average molecular weight is 252 g/mol. The summed E-state index contributed by atoms with van der Waals surface area (Å²) in [5.74, 6) is -0.0856. The van der Waals surface area contributed by atoms with Crippen molar-refractivity contribution in [2.24, 2.45) is 0 Å². The van der Waals surface area contributed by atoms with Crippen molar-refractivity contribution in [3.63, 3.8) is 0 Å². The molecule has 1 aromatic carbocycles. The van der Waals surface area contributed by atoms with Gasteiger partial charge in [-0.05, 0) is 30.3 Å². The Labute approximate surface area is 109 Å². The van der Waals surface area contributed by atoms with E-state index in [0.29, 0.717) is 0 Å². The maximum Gasteiger partial charge on any atom is 0.230 e. The third-order valence-corrected chi connectivity index (χ3v) is 2.77. The predicted octanol–water partition coefficient (Wildman–Crippen LogP) is 2.14. The van der Waals surface area contributed by atoms with Crippen LogP contribution in [0.1, 0.15) is 5.69 Å². The number of rotatable bonds is 3. The molecule has 0 unspecified atom stereocenters. The van der Waals surface area contributed by atoms with E-state index in [1.807, 2.05) is 36.4 Å². The fraction of sp³-hybridized carbons (Fsp3) is 0.0714. The number of pyridine rings is 1. The fourth-order valence-corrected chi connectivity index (χ4v) is 1.89. The summed E-state index contributed by atoms with van der Waals surface area (Å²) in [5, 5.41) is 2.85. The summed E-state index contributed by atoms with van der Waals surface area (Å²) in [6.07, 6.45) is 3.57. The zero-order valence-corrected chi connectivity index (χ0v) is 10.1. The highest BCUT2D eigenvalue weighted by molar-refractivity contribution is 5.94. The van der Waals surface area contributed by atoms with E-state index in [1.165, 1.54) is 0 Å². The Morgan fingerprint density at radius 1 is 1.21 bits per heavy atom. The highest BCUT2D eigenvalue weighted by Crippen LogP contribution is 2.15. The second kappa shape index (κ2) is 4.89. The first-order chi connectivity index (χ1) is 9.31. The minimum absolute atomic E-state index is 0.0856. The lowest BCUT2D eigenvalue weighted by molar-refractivity contribution is -0.115. The molecule has 5 nitrogen and oxygen atoms in total. The molecule has 3 rings (SSSR count). The van der Waals surface area contributed by atoms with Crippen molar-refractivity contribution in [3.05, 3.63) is 54.6 Å². The minimum atomic E-state index is -0.0856. The van der Waals surface area contributed by atoms with Gasteiger partial charge < -0.3 is 10.3 Å². The number of aromatic amines is 1. The first-order valence-corrected chi connectivity index (χ1v) is 5.94. The molecular formula is C14H12N4O. The summed E-state index contributed by atoms with van der Waals surface area (Å²) in [7, 11) is 0. The van der Waals surface area contributed by atoms with Gasteiger partial charge in [0, 0.05) is 17.6 Å². The van der Waals surface area contributed by atoms with Crippen molar-refractivity contribution in [1.29, 1.82) is 0 Å². The zero-order chi connectivity index (χ0) is 13.1. The van der Waals surface area contributed by atoms with Gasteiger partial charge in [-0.3, -0.25) is 9.78 Å². The second-order valence-electron chi connectivity index (χ2n) is 4.18. The Morgan fingerprint density at radius 2 is 2.16 bits per heavy atom. The van der Waals surface area contributed by atoms with Crippen LogP contribution in [0.5, 0.6) is 0 Å². The van der Waals surface area contributed by atoms with E-state index in [-0.39, 0.29) is 12.3 Å². The largest absolute Gasteiger partial charge is 0.345 e. The molecule has 0 fully saturated rings. The lowest BCUT2D eigenvalue weighted by Gasteiger charge is -2.04. The van der Waals surface area contributed by atoms with E-state index in [0.717, 1.165) is 22.4 Å². The third-order valence-electron chi connectivity index (χ3n) is 2.77. The van der Waals surface area contributed by atoms with E-state index in [2.05, 4.69) is 20.3 Å². The van der Waals surface area contributed by atoms with Crippen LogP contribution < -0.4 is 5.32 Å². The number of hydrogen-bond donors (Lipinski definition) is 2. The van der Waals surface area contributed by atoms with Crippen LogP contribution in [0.15, 0.2) is 48.9 Å². The number of hydrogen-bond acceptors (Lipinski definition) is 3. The number of fused-ring (bicyclic) bond motifs is 1. The Bertz CT molecular complexity index is 706. The molecule has 0 bridgehead atoms. The maximum atomic E-state index is 11.9. The second-order valence-corrected chi connectivity index (χ2v) is 4.18. The van der Waals surface area contributed by atoms with Gasteiger partial charge in [-0.2, -0.15) is 0 Å². The molecule has 2 heterocycles. The summed E-state index contributed by atoms with van der Waals surface area (Å²) in [6.45, 7) is 0. The molecule has 0 aliphatic heterocycles. The minimum Gasteiger partial charge on any atom is -0.345 e. The molecule has 94 valence electrons. The molecule has 0 saturated heterocycles. The quantitative estimate of drug-likeness (QED) is 0.750. The maximum absolute atomic E-state index is 11.9. The molecule has 0 atom stereocenters. The smallest absolute Gasteiger partial charge is 0.230 e. The summed E-state index contributed by atoms with van der Waals surface area (Å²) >= 11 is 0. The monoisotopic (exact) mass is 252 g/mol. The Hall–Kier alpha value is -2.69. The first-order valence-electron chi connectivity index (χ1n) is 5.94. The SMILES string of the molecule is O=C(Cc1ccccn1)Nc1ccc2nc[nH]c2c1. The van der Waals surface area contributed by atoms with Gasteiger partial charge in [0.05, 0.1) is 23.8 Å². The molecule has 0 radical (unpaired) electrons. The van der Waals surface area contributed by atoms with Gasteiger partial charge in [0.25, 0.3) is 0 Å². The highest BCUT2D eigenvalue weighted by Gasteiger charge is 2.05. The molecule has 0 aliphatic carbocycles. The number of nitrogens with zero attached hydrogens (tertiary/aromatic N) is 2. The summed E-state index contributed by atoms with van der Waals surface area (Å²) in [4.78, 5) is 23.1. The van der Waals surface area contributed by atoms with Gasteiger partial charge in [0.1, 0.15) is 0 Å². The van der Waals surface area contributed by atoms with Crippen molar-refractivity contribution in [2.75, 3.05) is 5.32 Å². The van der Waals surface area contributed by atoms with Crippen molar-refractivity contribution < 1.29 is 4.79 Å². The van der Waals surface area contributed by atoms with Crippen LogP contribution in [0.4, 0.5) is 5.69 Å². The lowest BCUT2D eigenvalue weighted by Crippen LogP contribution is -2.14. The summed E-state index contributed by atoms with van der Waals surface area (Å²) in [5.41, 5.74) is 3.28. The standard InChI is InChI=1S/C14H12N4O/c19-14(8-10-3-1-2-6-15-10)18-11-4-5-12-13(7-11)17-9-16-12/h1-7,9H,8H2,(H,16,17)(H,18,19). The number of nitrogens with one attached hydrogen (secondary N) is 2. The Balaban J connectivity index is 1.72. The van der Waals surface area contributed by atoms with Crippen molar-refractivity contribution in [1.82, 2.24) is 15.0 Å². The topological polar surface area (TPSA) is 70.7 Å². The summed E-state index contributed by atoms with van der Waals surface area (Å²) in [6, 6.07) is 11.1. The number of H-pyrrole nitrogens is 1. The Kier molecular flexibility index (Phi) is 2.94. The number of anilines is 1. The molecule has 19 heavy (non-hydrogen) atoms. The van der Waals surface area contributed by atoms with Crippen molar-refractivity contribution in [2.45, 2.75) is 6.42 Å². The van der Waals surface area contributed by atoms with Gasteiger partial charge in [-0.25, -0.2) is 4.98 Å². The van der Waals surface area contributed by atoms with Gasteiger partial charge >= 0.3 is 0 Å². The molecule has 5 heteroatoms. The number of carbonyl (C=O) groups excluding carboxylic acids is 1. The number of benzene rings is 1. The van der Waals surface area contributed by atoms with Crippen molar-refractivity contribution in [3.8, 4) is 0 Å². The van der Waals surface area contributed by atoms with Crippen LogP contribution in [0.2, 0.25) is 0 Å². The molecule has 3 aromatic rings. The normalized spacial score (nSPS) is 10.5.